The summed E-state index contributed by atoms with van der Waals surface area (Å²) in [6.45, 7) is 4.38. The van der Waals surface area contributed by atoms with Gasteiger partial charge in [-0.15, -0.1) is 0 Å². The molecule has 4 rings (SSSR count). The Labute approximate surface area is 187 Å². The summed E-state index contributed by atoms with van der Waals surface area (Å²) in [5.41, 5.74) is 6.26. The molecule has 1 fully saturated rings. The van der Waals surface area contributed by atoms with E-state index in [0.29, 0.717) is 11.5 Å². The van der Waals surface area contributed by atoms with Crippen LogP contribution >= 0.6 is 0 Å². The molecular formula is C30H35F. The first-order valence-corrected chi connectivity index (χ1v) is 11.2. The van der Waals surface area contributed by atoms with Gasteiger partial charge in [-0.3, -0.25) is 0 Å². The minimum absolute atomic E-state index is 0. The average Bonchev–Trinajstić information content (AvgIpc) is 2.79. The lowest BCUT2D eigenvalue weighted by molar-refractivity contribution is 0.348. The first kappa shape index (κ1) is 23.0. The van der Waals surface area contributed by atoms with E-state index >= 15 is 0 Å². The predicted molar refractivity (Wildman–Crippen MR) is 133 cm³/mol. The van der Waals surface area contributed by atoms with Gasteiger partial charge in [0, 0.05) is 5.56 Å². The Morgan fingerprint density at radius 2 is 1.42 bits per heavy atom. The van der Waals surface area contributed by atoms with E-state index in [4.69, 9.17) is 0 Å². The van der Waals surface area contributed by atoms with Crippen molar-refractivity contribution in [2.45, 2.75) is 59.3 Å². The predicted octanol–water partition coefficient (Wildman–Crippen LogP) is 9.21. The molecule has 3 aromatic carbocycles. The molecule has 1 aliphatic carbocycles. The van der Waals surface area contributed by atoms with Gasteiger partial charge in [-0.25, -0.2) is 4.39 Å². The fourth-order valence-corrected chi connectivity index (χ4v) is 4.54. The van der Waals surface area contributed by atoms with Gasteiger partial charge < -0.3 is 0 Å². The monoisotopic (exact) mass is 414 g/mol. The number of hydrogen-bond donors (Lipinski definition) is 0. The first-order valence-electron chi connectivity index (χ1n) is 11.2. The zero-order valence-electron chi connectivity index (χ0n) is 18.1. The lowest BCUT2D eigenvalue weighted by atomic mass is 9.79. The summed E-state index contributed by atoms with van der Waals surface area (Å²) in [5.74, 6) is 1.38. The molecule has 162 valence electrons. The second kappa shape index (κ2) is 10.6. The second-order valence-electron chi connectivity index (χ2n) is 8.74. The molecule has 0 saturated heterocycles. The van der Waals surface area contributed by atoms with Crippen LogP contribution in [0.5, 0.6) is 0 Å². The van der Waals surface area contributed by atoms with Crippen LogP contribution in [0.3, 0.4) is 0 Å². The maximum absolute atomic E-state index is 14.9. The van der Waals surface area contributed by atoms with Crippen molar-refractivity contribution in [1.82, 2.24) is 0 Å². The molecule has 0 amide bonds. The van der Waals surface area contributed by atoms with Crippen LogP contribution in [0.15, 0.2) is 78.9 Å². The molecule has 0 atom stereocenters. The van der Waals surface area contributed by atoms with Crippen LogP contribution in [-0.4, -0.2) is 0 Å². The molecule has 0 unspecified atom stereocenters. The van der Waals surface area contributed by atoms with E-state index in [2.05, 4.69) is 55.5 Å². The summed E-state index contributed by atoms with van der Waals surface area (Å²) < 4.78 is 14.9. The van der Waals surface area contributed by atoms with Crippen molar-refractivity contribution >= 4 is 0 Å². The van der Waals surface area contributed by atoms with E-state index in [0.717, 1.165) is 29.0 Å². The third kappa shape index (κ3) is 5.53. The molecule has 0 spiro atoms. The molecule has 1 saturated carbocycles. The Bertz CT molecular complexity index is 988. The van der Waals surface area contributed by atoms with Gasteiger partial charge in [0.1, 0.15) is 5.82 Å². The number of benzene rings is 3. The molecule has 3 aromatic rings. The normalized spacial score (nSPS) is 18.7. The smallest absolute Gasteiger partial charge is 0.131 e. The highest BCUT2D eigenvalue weighted by Gasteiger charge is 2.19. The fourth-order valence-electron chi connectivity index (χ4n) is 4.54. The van der Waals surface area contributed by atoms with E-state index < -0.39 is 0 Å². The van der Waals surface area contributed by atoms with Gasteiger partial charge in [-0.1, -0.05) is 100 Å². The zero-order chi connectivity index (χ0) is 20.9. The average molecular weight is 415 g/mol. The molecule has 0 heterocycles. The third-order valence-electron chi connectivity index (χ3n) is 6.55. The number of halogens is 1. The number of allylic oxidation sites excluding steroid dienone is 2. The Morgan fingerprint density at radius 1 is 0.806 bits per heavy atom. The van der Waals surface area contributed by atoms with Crippen molar-refractivity contribution in [3.05, 3.63) is 95.8 Å². The van der Waals surface area contributed by atoms with Crippen LogP contribution in [0.1, 0.15) is 64.0 Å². The third-order valence-corrected chi connectivity index (χ3v) is 6.55. The van der Waals surface area contributed by atoms with Crippen molar-refractivity contribution in [3.63, 3.8) is 0 Å². The molecule has 0 radical (unpaired) electrons. The van der Waals surface area contributed by atoms with E-state index in [1.54, 1.807) is 6.07 Å². The summed E-state index contributed by atoms with van der Waals surface area (Å²) >= 11 is 0. The van der Waals surface area contributed by atoms with Crippen molar-refractivity contribution in [2.24, 2.45) is 5.92 Å². The molecule has 0 aliphatic heterocycles. The Balaban J connectivity index is 0.00000272. The van der Waals surface area contributed by atoms with Crippen molar-refractivity contribution in [2.75, 3.05) is 0 Å². The summed E-state index contributed by atoms with van der Waals surface area (Å²) in [6.07, 6.45) is 10.3. The molecule has 31 heavy (non-hydrogen) atoms. The number of rotatable bonds is 5. The molecule has 0 bridgehead atoms. The first-order chi connectivity index (χ1) is 14.6. The van der Waals surface area contributed by atoms with E-state index in [9.17, 15) is 4.39 Å². The van der Waals surface area contributed by atoms with Crippen LogP contribution < -0.4 is 0 Å². The molecule has 0 N–H and O–H groups in total. The minimum atomic E-state index is -0.168. The highest BCUT2D eigenvalue weighted by Crippen LogP contribution is 2.36. The van der Waals surface area contributed by atoms with Gasteiger partial charge >= 0.3 is 0 Å². The lowest BCUT2D eigenvalue weighted by Gasteiger charge is -2.26. The summed E-state index contributed by atoms with van der Waals surface area (Å²) in [7, 11) is 0. The fraction of sp³-hybridized carbons (Fsp3) is 0.333. The van der Waals surface area contributed by atoms with Gasteiger partial charge in [-0.2, -0.15) is 0 Å². The van der Waals surface area contributed by atoms with Crippen molar-refractivity contribution in [3.8, 4) is 22.3 Å². The molecule has 0 aromatic heterocycles. The summed E-state index contributed by atoms with van der Waals surface area (Å²) in [4.78, 5) is 0. The van der Waals surface area contributed by atoms with Crippen LogP contribution in [0, 0.1) is 11.7 Å². The Morgan fingerprint density at radius 3 is 2.03 bits per heavy atom. The number of hydrogen-bond acceptors (Lipinski definition) is 0. The second-order valence-corrected chi connectivity index (χ2v) is 8.74. The maximum atomic E-state index is 14.9. The van der Waals surface area contributed by atoms with Crippen molar-refractivity contribution in [1.29, 1.82) is 0 Å². The molecular weight excluding hydrogens is 379 g/mol. The van der Waals surface area contributed by atoms with Gasteiger partial charge in [0.15, 0.2) is 0 Å². The minimum Gasteiger partial charge on any atom is -0.206 e. The quantitative estimate of drug-likeness (QED) is 0.365. The standard InChI is InChI=1S/C29H31F.CH4/c1-3-4-5-22-8-12-26(13-9-22)28-19-18-27(20-29(28)30)25-16-14-24(15-17-25)23-10-6-21(2)7-11-23;/h3-4,8-9,12-21,23H,5-7,10-11H2,1-2H3;1H4/b4-3+;. The van der Waals surface area contributed by atoms with E-state index in [1.165, 1.54) is 36.8 Å². The van der Waals surface area contributed by atoms with E-state index in [-0.39, 0.29) is 13.2 Å². The highest BCUT2D eigenvalue weighted by atomic mass is 19.1. The van der Waals surface area contributed by atoms with Crippen LogP contribution in [0.2, 0.25) is 0 Å². The summed E-state index contributed by atoms with van der Waals surface area (Å²) in [6, 6.07) is 22.6. The topological polar surface area (TPSA) is 0 Å². The maximum Gasteiger partial charge on any atom is 0.131 e. The Hall–Kier alpha value is -2.67. The van der Waals surface area contributed by atoms with Gasteiger partial charge in [0.2, 0.25) is 0 Å². The molecule has 0 nitrogen and oxygen atoms in total. The Kier molecular flexibility index (Phi) is 7.85. The van der Waals surface area contributed by atoms with E-state index in [1.807, 2.05) is 31.2 Å². The summed E-state index contributed by atoms with van der Waals surface area (Å²) in [5, 5.41) is 0. The van der Waals surface area contributed by atoms with Gasteiger partial charge in [0.05, 0.1) is 0 Å². The zero-order valence-corrected chi connectivity index (χ0v) is 18.1. The van der Waals surface area contributed by atoms with Crippen molar-refractivity contribution < 1.29 is 4.39 Å². The van der Waals surface area contributed by atoms with Crippen LogP contribution in [0.4, 0.5) is 4.39 Å². The SMILES string of the molecule is C.C/C=C/Cc1ccc(-c2ccc(-c3ccc(C4CCC(C)CC4)cc3)cc2F)cc1. The lowest BCUT2D eigenvalue weighted by Crippen LogP contribution is -2.10. The highest BCUT2D eigenvalue weighted by molar-refractivity contribution is 5.71. The molecule has 1 heteroatoms. The van der Waals surface area contributed by atoms with Crippen LogP contribution in [-0.2, 0) is 6.42 Å². The van der Waals surface area contributed by atoms with Crippen LogP contribution in [0.25, 0.3) is 22.3 Å². The largest absolute Gasteiger partial charge is 0.206 e. The van der Waals surface area contributed by atoms with Gasteiger partial charge in [-0.05, 0) is 71.9 Å². The molecule has 1 aliphatic rings. The van der Waals surface area contributed by atoms with Gasteiger partial charge in [0.25, 0.3) is 0 Å².